The van der Waals surface area contributed by atoms with Gasteiger partial charge in [0, 0.05) is 31.6 Å². The number of nitrogens with zero attached hydrogens (tertiary/aromatic N) is 1. The lowest BCUT2D eigenvalue weighted by atomic mass is 9.75. The zero-order valence-corrected chi connectivity index (χ0v) is 14.1. The molecule has 0 spiro atoms. The van der Waals surface area contributed by atoms with Crippen molar-refractivity contribution in [2.45, 2.75) is 31.8 Å². The predicted octanol–water partition coefficient (Wildman–Crippen LogP) is 2.55. The highest BCUT2D eigenvalue weighted by Crippen LogP contribution is 2.39. The average Bonchev–Trinajstić information content (AvgIpc) is 3.09. The molecule has 130 valence electrons. The van der Waals surface area contributed by atoms with E-state index >= 15 is 0 Å². The summed E-state index contributed by atoms with van der Waals surface area (Å²) in [5, 5.41) is 4.23. The first-order chi connectivity index (χ1) is 11.7. The lowest BCUT2D eigenvalue weighted by molar-refractivity contribution is -0.162. The second-order valence-corrected chi connectivity index (χ2v) is 6.26. The van der Waals surface area contributed by atoms with Crippen LogP contribution < -0.4 is 4.74 Å². The Labute approximate surface area is 141 Å². The Balaban J connectivity index is 1.71. The van der Waals surface area contributed by atoms with Crippen molar-refractivity contribution in [3.8, 4) is 5.75 Å². The number of esters is 1. The molecule has 24 heavy (non-hydrogen) atoms. The second-order valence-electron chi connectivity index (χ2n) is 6.26. The number of oxime groups is 1. The maximum atomic E-state index is 12.3. The van der Waals surface area contributed by atoms with E-state index in [1.807, 2.05) is 24.3 Å². The molecular weight excluding hydrogens is 310 g/mol. The number of carbonyl (C=O) groups excluding carboxylic acids is 1. The number of methoxy groups -OCH3 is 2. The normalized spacial score (nSPS) is 22.4. The van der Waals surface area contributed by atoms with Crippen LogP contribution in [0, 0.1) is 5.41 Å². The Morgan fingerprint density at radius 1 is 1.29 bits per heavy atom. The third kappa shape index (κ3) is 3.24. The molecule has 0 aromatic heterocycles. The minimum atomic E-state index is -0.538. The number of benzene rings is 1. The number of rotatable bonds is 5. The summed E-state index contributed by atoms with van der Waals surface area (Å²) in [6.45, 7) is 1.14. The van der Waals surface area contributed by atoms with E-state index in [-0.39, 0.29) is 12.1 Å². The summed E-state index contributed by atoms with van der Waals surface area (Å²) < 4.78 is 15.8. The van der Waals surface area contributed by atoms with Gasteiger partial charge in [-0.05, 0) is 25.0 Å². The number of hydrogen-bond acceptors (Lipinski definition) is 6. The number of carbonyl (C=O) groups is 1. The van der Waals surface area contributed by atoms with E-state index in [0.717, 1.165) is 17.0 Å². The van der Waals surface area contributed by atoms with Crippen LogP contribution in [0.1, 0.15) is 31.2 Å². The van der Waals surface area contributed by atoms with E-state index in [1.165, 1.54) is 7.11 Å². The zero-order valence-electron chi connectivity index (χ0n) is 14.1. The van der Waals surface area contributed by atoms with Gasteiger partial charge in [-0.2, -0.15) is 0 Å². The number of hydrogen-bond donors (Lipinski definition) is 0. The van der Waals surface area contributed by atoms with Gasteiger partial charge >= 0.3 is 5.97 Å². The Hall–Kier alpha value is -2.08. The molecule has 0 saturated carbocycles. The van der Waals surface area contributed by atoms with Crippen molar-refractivity contribution in [1.82, 2.24) is 0 Å². The highest BCUT2D eigenvalue weighted by Gasteiger charge is 2.44. The largest absolute Gasteiger partial charge is 0.496 e. The van der Waals surface area contributed by atoms with E-state index in [4.69, 9.17) is 19.0 Å². The van der Waals surface area contributed by atoms with Crippen molar-refractivity contribution >= 4 is 11.7 Å². The molecule has 1 atom stereocenters. The molecule has 3 rings (SSSR count). The van der Waals surface area contributed by atoms with Crippen molar-refractivity contribution in [2.75, 3.05) is 27.4 Å². The van der Waals surface area contributed by atoms with Gasteiger partial charge in [-0.3, -0.25) is 4.79 Å². The summed E-state index contributed by atoms with van der Waals surface area (Å²) in [4.78, 5) is 18.0. The molecule has 0 unspecified atom stereocenters. The first-order valence-electron chi connectivity index (χ1n) is 8.21. The van der Waals surface area contributed by atoms with Crippen LogP contribution in [0.15, 0.2) is 29.4 Å². The summed E-state index contributed by atoms with van der Waals surface area (Å²) in [6.07, 6.45) is 2.42. The van der Waals surface area contributed by atoms with Crippen LogP contribution in [0.2, 0.25) is 0 Å². The van der Waals surface area contributed by atoms with Gasteiger partial charge in [0.05, 0.1) is 25.3 Å². The highest BCUT2D eigenvalue weighted by atomic mass is 16.6. The van der Waals surface area contributed by atoms with Crippen LogP contribution in [0.3, 0.4) is 0 Å². The number of ether oxygens (including phenoxy) is 3. The zero-order chi connectivity index (χ0) is 17.0. The van der Waals surface area contributed by atoms with Gasteiger partial charge in [0.1, 0.15) is 11.9 Å². The molecule has 6 heteroatoms. The molecule has 1 fully saturated rings. The molecule has 2 aliphatic rings. The number of para-hydroxylation sites is 1. The molecule has 0 radical (unpaired) electrons. The van der Waals surface area contributed by atoms with Crippen LogP contribution >= 0.6 is 0 Å². The molecule has 0 amide bonds. The molecule has 1 aromatic carbocycles. The van der Waals surface area contributed by atoms with Crippen LogP contribution in [0.25, 0.3) is 0 Å². The monoisotopic (exact) mass is 333 g/mol. The van der Waals surface area contributed by atoms with Crippen molar-refractivity contribution in [3.05, 3.63) is 29.8 Å². The fourth-order valence-corrected chi connectivity index (χ4v) is 3.49. The van der Waals surface area contributed by atoms with Gasteiger partial charge in [-0.25, -0.2) is 0 Å². The molecule has 2 aliphatic heterocycles. The minimum Gasteiger partial charge on any atom is -0.496 e. The quantitative estimate of drug-likeness (QED) is 0.775. The van der Waals surface area contributed by atoms with E-state index in [9.17, 15) is 4.79 Å². The maximum Gasteiger partial charge on any atom is 0.312 e. The van der Waals surface area contributed by atoms with Gasteiger partial charge in [-0.15, -0.1) is 0 Å². The van der Waals surface area contributed by atoms with E-state index in [2.05, 4.69) is 5.16 Å². The maximum absolute atomic E-state index is 12.3. The van der Waals surface area contributed by atoms with E-state index < -0.39 is 5.41 Å². The summed E-state index contributed by atoms with van der Waals surface area (Å²) in [7, 11) is 3.08. The smallest absolute Gasteiger partial charge is 0.312 e. The third-order valence-corrected chi connectivity index (χ3v) is 4.84. The Bertz CT molecular complexity index is 622. The van der Waals surface area contributed by atoms with Crippen LogP contribution in [-0.2, 0) is 19.1 Å². The molecular formula is C18H23NO5. The standard InChI is InChI=1S/C18H23NO5/c1-21-16-6-4-3-5-14(16)15-11-13(24-19-15)12-18(17(20)22-2)7-9-23-10-8-18/h3-6,13H,7-12H2,1-2H3/t13-/m1/s1. The van der Waals surface area contributed by atoms with Crippen molar-refractivity contribution in [2.24, 2.45) is 10.6 Å². The fraction of sp³-hybridized carbons (Fsp3) is 0.556. The second kappa shape index (κ2) is 7.21. The summed E-state index contributed by atoms with van der Waals surface area (Å²) >= 11 is 0. The molecule has 0 N–H and O–H groups in total. The third-order valence-electron chi connectivity index (χ3n) is 4.84. The van der Waals surface area contributed by atoms with E-state index in [0.29, 0.717) is 38.9 Å². The van der Waals surface area contributed by atoms with Crippen LogP contribution in [0.4, 0.5) is 0 Å². The Kier molecular flexibility index (Phi) is 5.04. The summed E-state index contributed by atoms with van der Waals surface area (Å²) in [5.41, 5.74) is 1.25. The van der Waals surface area contributed by atoms with Gasteiger partial charge in [-0.1, -0.05) is 17.3 Å². The van der Waals surface area contributed by atoms with Crippen molar-refractivity contribution in [1.29, 1.82) is 0 Å². The van der Waals surface area contributed by atoms with Gasteiger partial charge in [0.25, 0.3) is 0 Å². The Morgan fingerprint density at radius 2 is 2.04 bits per heavy atom. The first kappa shape index (κ1) is 16.8. The lowest BCUT2D eigenvalue weighted by Gasteiger charge is -2.35. The van der Waals surface area contributed by atoms with Gasteiger partial charge in [0.2, 0.25) is 0 Å². The highest BCUT2D eigenvalue weighted by molar-refractivity contribution is 6.03. The SMILES string of the molecule is COC(=O)C1(C[C@H]2CC(c3ccccc3OC)=NO2)CCOCC1. The summed E-state index contributed by atoms with van der Waals surface area (Å²) in [5.74, 6) is 0.592. The lowest BCUT2D eigenvalue weighted by Crippen LogP contribution is -2.41. The van der Waals surface area contributed by atoms with Crippen molar-refractivity contribution < 1.29 is 23.8 Å². The molecule has 1 aromatic rings. The molecule has 6 nitrogen and oxygen atoms in total. The summed E-state index contributed by atoms with van der Waals surface area (Å²) in [6, 6.07) is 7.74. The average molecular weight is 333 g/mol. The van der Waals surface area contributed by atoms with Crippen molar-refractivity contribution in [3.63, 3.8) is 0 Å². The van der Waals surface area contributed by atoms with E-state index in [1.54, 1.807) is 7.11 Å². The van der Waals surface area contributed by atoms with Crippen LogP contribution in [0.5, 0.6) is 5.75 Å². The molecule has 0 aliphatic carbocycles. The van der Waals surface area contributed by atoms with Gasteiger partial charge < -0.3 is 19.0 Å². The molecule has 1 saturated heterocycles. The first-order valence-corrected chi connectivity index (χ1v) is 8.21. The minimum absolute atomic E-state index is 0.137. The topological polar surface area (TPSA) is 66.4 Å². The predicted molar refractivity (Wildman–Crippen MR) is 88.1 cm³/mol. The molecule has 0 bridgehead atoms. The fourth-order valence-electron chi connectivity index (χ4n) is 3.49. The van der Waals surface area contributed by atoms with Crippen LogP contribution in [-0.4, -0.2) is 45.2 Å². The molecule has 2 heterocycles. The van der Waals surface area contributed by atoms with Gasteiger partial charge in [0.15, 0.2) is 0 Å². The Morgan fingerprint density at radius 3 is 2.75 bits per heavy atom.